The van der Waals surface area contributed by atoms with Crippen LogP contribution in [0.25, 0.3) is 0 Å². The van der Waals surface area contributed by atoms with Gasteiger partial charge in [-0.1, -0.05) is 6.92 Å². The number of likely N-dealkylation sites (tertiary alicyclic amines) is 1. The second-order valence-electron chi connectivity index (χ2n) is 5.11. The van der Waals surface area contributed by atoms with Gasteiger partial charge in [-0.15, -0.1) is 0 Å². The molecule has 0 spiro atoms. The summed E-state index contributed by atoms with van der Waals surface area (Å²) in [6, 6.07) is 1.90. The molecule has 1 saturated heterocycles. The first kappa shape index (κ1) is 16.3. The fourth-order valence-electron chi connectivity index (χ4n) is 2.37. The van der Waals surface area contributed by atoms with Crippen LogP contribution in [0, 0.1) is 17.2 Å². The van der Waals surface area contributed by atoms with Crippen LogP contribution in [-0.4, -0.2) is 43.3 Å². The van der Waals surface area contributed by atoms with Crippen molar-refractivity contribution in [1.29, 1.82) is 5.26 Å². The quantitative estimate of drug-likeness (QED) is 0.811. The van der Waals surface area contributed by atoms with E-state index in [9.17, 15) is 13.2 Å². The van der Waals surface area contributed by atoms with Crippen molar-refractivity contribution in [2.45, 2.75) is 44.8 Å². The second kappa shape index (κ2) is 7.71. The van der Waals surface area contributed by atoms with Crippen LogP contribution < -0.4 is 5.32 Å². The van der Waals surface area contributed by atoms with Crippen LogP contribution in [0.2, 0.25) is 0 Å². The molecule has 19 heavy (non-hydrogen) atoms. The highest BCUT2D eigenvalue weighted by Crippen LogP contribution is 2.33. The molecule has 2 unspecified atom stereocenters. The first-order valence-corrected chi connectivity index (χ1v) is 6.89. The van der Waals surface area contributed by atoms with E-state index in [4.69, 9.17) is 5.26 Å². The van der Waals surface area contributed by atoms with Crippen LogP contribution in [0.4, 0.5) is 13.2 Å². The number of nitrogens with one attached hydrogen (secondary N) is 1. The summed E-state index contributed by atoms with van der Waals surface area (Å²) >= 11 is 0. The molecule has 1 rings (SSSR count). The molecule has 0 radical (unpaired) electrons. The van der Waals surface area contributed by atoms with Gasteiger partial charge in [-0.05, 0) is 38.8 Å². The molecule has 6 heteroatoms. The van der Waals surface area contributed by atoms with E-state index in [1.807, 2.05) is 11.8 Å². The minimum atomic E-state index is -4.09. The Bertz CT molecular complexity index is 298. The van der Waals surface area contributed by atoms with Crippen molar-refractivity contribution in [3.8, 4) is 6.07 Å². The summed E-state index contributed by atoms with van der Waals surface area (Å²) in [6.45, 7) is 4.12. The zero-order chi connectivity index (χ0) is 14.3. The molecule has 0 aromatic rings. The predicted octanol–water partition coefficient (Wildman–Crippen LogP) is 2.54. The summed E-state index contributed by atoms with van der Waals surface area (Å²) < 4.78 is 38.0. The molecule has 0 saturated carbocycles. The molecule has 1 aliphatic rings. The molecule has 1 fully saturated rings. The zero-order valence-electron chi connectivity index (χ0n) is 11.3. The normalized spacial score (nSPS) is 23.0. The third-order valence-electron chi connectivity index (χ3n) is 3.50. The van der Waals surface area contributed by atoms with Gasteiger partial charge in [0.2, 0.25) is 0 Å². The summed E-state index contributed by atoms with van der Waals surface area (Å²) in [5.74, 6) is -1.20. The summed E-state index contributed by atoms with van der Waals surface area (Å²) in [5, 5.41) is 12.0. The number of hydrogen-bond acceptors (Lipinski definition) is 3. The number of nitrogens with zero attached hydrogens (tertiary/aromatic N) is 2. The Morgan fingerprint density at radius 3 is 2.79 bits per heavy atom. The topological polar surface area (TPSA) is 39.1 Å². The third kappa shape index (κ3) is 5.79. The first-order chi connectivity index (χ1) is 8.97. The van der Waals surface area contributed by atoms with Crippen LogP contribution in [-0.2, 0) is 0 Å². The fraction of sp³-hybridized carbons (Fsp3) is 0.923. The Kier molecular flexibility index (Phi) is 6.59. The molecule has 0 aromatic heterocycles. The van der Waals surface area contributed by atoms with Gasteiger partial charge in [0.25, 0.3) is 0 Å². The largest absolute Gasteiger partial charge is 0.393 e. The lowest BCUT2D eigenvalue weighted by Gasteiger charge is -2.34. The lowest BCUT2D eigenvalue weighted by Crippen LogP contribution is -2.43. The number of piperidine rings is 1. The smallest absolute Gasteiger partial charge is 0.303 e. The van der Waals surface area contributed by atoms with Gasteiger partial charge in [-0.3, -0.25) is 0 Å². The SMILES string of the molecule is CCCNC(C#N)CCN1CCCC(C(F)(F)F)C1. The maximum Gasteiger partial charge on any atom is 0.393 e. The van der Waals surface area contributed by atoms with E-state index in [0.29, 0.717) is 25.9 Å². The van der Waals surface area contributed by atoms with E-state index in [0.717, 1.165) is 13.0 Å². The van der Waals surface area contributed by atoms with Crippen molar-refractivity contribution in [3.63, 3.8) is 0 Å². The maximum atomic E-state index is 12.7. The molecule has 110 valence electrons. The Morgan fingerprint density at radius 1 is 1.47 bits per heavy atom. The van der Waals surface area contributed by atoms with E-state index < -0.39 is 12.1 Å². The molecule has 1 N–H and O–H groups in total. The molecule has 0 bridgehead atoms. The standard InChI is InChI=1S/C13H22F3N3/c1-2-6-18-12(9-17)5-8-19-7-3-4-11(10-19)13(14,15)16/h11-12,18H,2-8,10H2,1H3. The summed E-state index contributed by atoms with van der Waals surface area (Å²) in [6.07, 6.45) is -1.74. The maximum absolute atomic E-state index is 12.7. The Labute approximate surface area is 112 Å². The van der Waals surface area contributed by atoms with Crippen molar-refractivity contribution in [2.24, 2.45) is 5.92 Å². The Hall–Kier alpha value is -0.800. The highest BCUT2D eigenvalue weighted by Gasteiger charge is 2.41. The van der Waals surface area contributed by atoms with Gasteiger partial charge in [0.1, 0.15) is 0 Å². The molecule has 3 nitrogen and oxygen atoms in total. The van der Waals surface area contributed by atoms with Crippen LogP contribution in [0.5, 0.6) is 0 Å². The van der Waals surface area contributed by atoms with Crippen molar-refractivity contribution in [2.75, 3.05) is 26.2 Å². The van der Waals surface area contributed by atoms with Crippen molar-refractivity contribution < 1.29 is 13.2 Å². The molecule has 1 heterocycles. The Balaban J connectivity index is 2.34. The second-order valence-corrected chi connectivity index (χ2v) is 5.11. The zero-order valence-corrected chi connectivity index (χ0v) is 11.3. The summed E-state index contributed by atoms with van der Waals surface area (Å²) in [5.41, 5.74) is 0. The van der Waals surface area contributed by atoms with Gasteiger partial charge < -0.3 is 10.2 Å². The Morgan fingerprint density at radius 2 is 2.21 bits per heavy atom. The number of alkyl halides is 3. The van der Waals surface area contributed by atoms with Crippen molar-refractivity contribution in [1.82, 2.24) is 10.2 Å². The van der Waals surface area contributed by atoms with E-state index >= 15 is 0 Å². The highest BCUT2D eigenvalue weighted by molar-refractivity contribution is 4.90. The van der Waals surface area contributed by atoms with Crippen molar-refractivity contribution >= 4 is 0 Å². The van der Waals surface area contributed by atoms with Gasteiger partial charge in [-0.2, -0.15) is 18.4 Å². The highest BCUT2D eigenvalue weighted by atomic mass is 19.4. The lowest BCUT2D eigenvalue weighted by atomic mass is 9.97. The predicted molar refractivity (Wildman–Crippen MR) is 67.5 cm³/mol. The monoisotopic (exact) mass is 277 g/mol. The number of halogens is 3. The molecule has 0 amide bonds. The minimum absolute atomic E-state index is 0.0788. The molecular weight excluding hydrogens is 255 g/mol. The molecule has 1 aliphatic heterocycles. The lowest BCUT2D eigenvalue weighted by molar-refractivity contribution is -0.186. The van der Waals surface area contributed by atoms with E-state index in [2.05, 4.69) is 11.4 Å². The fourth-order valence-corrected chi connectivity index (χ4v) is 2.37. The third-order valence-corrected chi connectivity index (χ3v) is 3.50. The van der Waals surface area contributed by atoms with Gasteiger partial charge >= 0.3 is 6.18 Å². The van der Waals surface area contributed by atoms with Crippen LogP contribution in [0.1, 0.15) is 32.6 Å². The van der Waals surface area contributed by atoms with Crippen LogP contribution in [0.15, 0.2) is 0 Å². The van der Waals surface area contributed by atoms with E-state index in [-0.39, 0.29) is 19.0 Å². The summed E-state index contributed by atoms with van der Waals surface area (Å²) in [7, 11) is 0. The van der Waals surface area contributed by atoms with Gasteiger partial charge in [-0.25, -0.2) is 0 Å². The molecule has 0 aliphatic carbocycles. The molecule has 2 atom stereocenters. The first-order valence-electron chi connectivity index (χ1n) is 6.89. The van der Waals surface area contributed by atoms with Crippen molar-refractivity contribution in [3.05, 3.63) is 0 Å². The molecular formula is C13H22F3N3. The molecule has 0 aromatic carbocycles. The van der Waals surface area contributed by atoms with E-state index in [1.54, 1.807) is 0 Å². The average molecular weight is 277 g/mol. The van der Waals surface area contributed by atoms with E-state index in [1.165, 1.54) is 0 Å². The number of rotatable bonds is 6. The van der Waals surface area contributed by atoms with Crippen LogP contribution in [0.3, 0.4) is 0 Å². The van der Waals surface area contributed by atoms with Gasteiger partial charge in [0.05, 0.1) is 18.0 Å². The summed E-state index contributed by atoms with van der Waals surface area (Å²) in [4.78, 5) is 1.83. The minimum Gasteiger partial charge on any atom is -0.303 e. The average Bonchev–Trinajstić information content (AvgIpc) is 2.38. The van der Waals surface area contributed by atoms with Crippen LogP contribution >= 0.6 is 0 Å². The van der Waals surface area contributed by atoms with Gasteiger partial charge in [0.15, 0.2) is 0 Å². The number of nitriles is 1. The number of hydrogen-bond donors (Lipinski definition) is 1. The van der Waals surface area contributed by atoms with Gasteiger partial charge in [0, 0.05) is 13.1 Å².